The highest BCUT2D eigenvalue weighted by Gasteiger charge is 2.40. The first kappa shape index (κ1) is 22.3. The third-order valence-corrected chi connectivity index (χ3v) is 7.71. The lowest BCUT2D eigenvalue weighted by atomic mass is 9.63. The smallest absolute Gasteiger partial charge is 0.251 e. The molecule has 1 amide bonds. The van der Waals surface area contributed by atoms with Crippen molar-refractivity contribution >= 4 is 17.4 Å². The van der Waals surface area contributed by atoms with E-state index in [-0.39, 0.29) is 23.5 Å². The maximum Gasteiger partial charge on any atom is 0.251 e. The molecular weight excluding hydrogens is 457 g/mol. The average molecular weight is 485 g/mol. The van der Waals surface area contributed by atoms with Crippen LogP contribution in [-0.4, -0.2) is 51.6 Å². The van der Waals surface area contributed by atoms with E-state index in [1.54, 1.807) is 22.7 Å². The Morgan fingerprint density at radius 3 is 2.74 bits per heavy atom. The Balaban J connectivity index is 1.25. The summed E-state index contributed by atoms with van der Waals surface area (Å²) in [7, 11) is 0. The zero-order chi connectivity index (χ0) is 24.1. The Hall–Kier alpha value is -3.14. The molecule has 0 radical (unpaired) electrons. The van der Waals surface area contributed by atoms with Gasteiger partial charge in [-0.1, -0.05) is 0 Å². The number of imidazole rings is 1. The number of hydrogen-bond acceptors (Lipinski definition) is 5. The molecular formula is C25H27F3N6O. The van der Waals surface area contributed by atoms with E-state index in [1.165, 1.54) is 25.5 Å². The van der Waals surface area contributed by atoms with Crippen molar-refractivity contribution in [3.8, 4) is 11.4 Å². The van der Waals surface area contributed by atoms with Gasteiger partial charge in [0.1, 0.15) is 17.5 Å². The molecule has 4 heterocycles. The van der Waals surface area contributed by atoms with Crippen molar-refractivity contribution in [2.24, 2.45) is 11.8 Å². The number of nitrogens with one attached hydrogen (secondary N) is 3. The number of carbonyl (C=O) groups excluding carboxylic acids is 1. The van der Waals surface area contributed by atoms with Gasteiger partial charge in [0.2, 0.25) is 0 Å². The number of piperidine rings is 1. The van der Waals surface area contributed by atoms with Crippen LogP contribution in [0.25, 0.3) is 17.0 Å². The topological polar surface area (TPSA) is 83.4 Å². The first-order valence-electron chi connectivity index (χ1n) is 12.2. The van der Waals surface area contributed by atoms with Crippen molar-refractivity contribution in [2.45, 2.75) is 50.4 Å². The van der Waals surface area contributed by atoms with E-state index in [4.69, 9.17) is 0 Å². The Bertz CT molecular complexity index is 1270. The molecule has 7 nitrogen and oxygen atoms in total. The molecule has 1 aliphatic heterocycles. The van der Waals surface area contributed by atoms with Gasteiger partial charge in [0, 0.05) is 30.4 Å². The van der Waals surface area contributed by atoms with E-state index in [2.05, 4.69) is 25.9 Å². The maximum atomic E-state index is 14.8. The largest absolute Gasteiger partial charge is 0.361 e. The van der Waals surface area contributed by atoms with Crippen molar-refractivity contribution in [3.63, 3.8) is 0 Å². The molecule has 35 heavy (non-hydrogen) atoms. The second kappa shape index (κ2) is 8.82. The van der Waals surface area contributed by atoms with Crippen LogP contribution < -0.4 is 16.0 Å². The number of halogens is 3. The van der Waals surface area contributed by atoms with Gasteiger partial charge in [-0.25, -0.2) is 23.1 Å². The van der Waals surface area contributed by atoms with Gasteiger partial charge >= 0.3 is 0 Å². The van der Waals surface area contributed by atoms with E-state index in [0.29, 0.717) is 42.3 Å². The fraction of sp³-hybridized carbons (Fsp3) is 0.480. The summed E-state index contributed by atoms with van der Waals surface area (Å²) in [6.07, 6.45) is 6.79. The van der Waals surface area contributed by atoms with Crippen molar-refractivity contribution < 1.29 is 18.0 Å². The predicted octanol–water partition coefficient (Wildman–Crippen LogP) is 3.70. The van der Waals surface area contributed by atoms with Crippen molar-refractivity contribution in [2.75, 3.05) is 18.4 Å². The van der Waals surface area contributed by atoms with Crippen LogP contribution >= 0.6 is 0 Å². The SMILES string of the molecule is O=C(NC1CCC2CC1C2)c1ccn2c(-c3nc(N[C@H]4CNCC[C@@H]4F)c(F)cc3F)cnc2c1. The molecule has 3 aromatic rings. The number of amides is 1. The summed E-state index contributed by atoms with van der Waals surface area (Å²) >= 11 is 0. The van der Waals surface area contributed by atoms with Crippen molar-refractivity contribution in [1.82, 2.24) is 25.0 Å². The van der Waals surface area contributed by atoms with Gasteiger partial charge in [0.25, 0.3) is 5.91 Å². The molecule has 3 aromatic heterocycles. The van der Waals surface area contributed by atoms with Gasteiger partial charge in [-0.15, -0.1) is 0 Å². The average Bonchev–Trinajstić information content (AvgIpc) is 3.25. The summed E-state index contributed by atoms with van der Waals surface area (Å²) in [5.41, 5.74) is 1.11. The number of nitrogens with zero attached hydrogens (tertiary/aromatic N) is 3. The highest BCUT2D eigenvalue weighted by molar-refractivity contribution is 5.95. The zero-order valence-corrected chi connectivity index (χ0v) is 19.1. The third kappa shape index (κ3) is 4.13. The number of fused-ring (bicyclic) bond motifs is 3. The van der Waals surface area contributed by atoms with E-state index in [1.807, 2.05) is 0 Å². The molecule has 1 unspecified atom stereocenters. The Morgan fingerprint density at radius 1 is 1.11 bits per heavy atom. The number of pyridine rings is 2. The molecule has 4 aliphatic rings. The van der Waals surface area contributed by atoms with E-state index in [9.17, 15) is 18.0 Å². The first-order chi connectivity index (χ1) is 17.0. The molecule has 184 valence electrons. The molecule has 3 aliphatic carbocycles. The van der Waals surface area contributed by atoms with Gasteiger partial charge in [0.05, 0.1) is 17.9 Å². The highest BCUT2D eigenvalue weighted by Crippen LogP contribution is 2.45. The first-order valence-corrected chi connectivity index (χ1v) is 12.2. The van der Waals surface area contributed by atoms with Crippen LogP contribution in [0.3, 0.4) is 0 Å². The Labute approximate surface area is 200 Å². The second-order valence-corrected chi connectivity index (χ2v) is 9.95. The van der Waals surface area contributed by atoms with Gasteiger partial charge in [-0.3, -0.25) is 9.20 Å². The summed E-state index contributed by atoms with van der Waals surface area (Å²) in [4.78, 5) is 21.3. The lowest BCUT2D eigenvalue weighted by Gasteiger charge is -2.46. The van der Waals surface area contributed by atoms with Crippen LogP contribution in [0, 0.1) is 23.5 Å². The zero-order valence-electron chi connectivity index (χ0n) is 19.1. The lowest BCUT2D eigenvalue weighted by Crippen LogP contribution is -2.49. The number of anilines is 1. The monoisotopic (exact) mass is 484 g/mol. The minimum atomic E-state index is -1.16. The summed E-state index contributed by atoms with van der Waals surface area (Å²) in [5, 5.41) is 8.98. The summed E-state index contributed by atoms with van der Waals surface area (Å²) in [5.74, 6) is -0.696. The lowest BCUT2D eigenvalue weighted by molar-refractivity contribution is 0.0618. The highest BCUT2D eigenvalue weighted by atomic mass is 19.1. The normalized spacial score (nSPS) is 27.9. The van der Waals surface area contributed by atoms with E-state index >= 15 is 0 Å². The number of rotatable bonds is 5. The minimum Gasteiger partial charge on any atom is -0.361 e. The summed E-state index contributed by atoms with van der Waals surface area (Å²) in [6.45, 7) is 0.866. The molecule has 1 saturated heterocycles. The maximum absolute atomic E-state index is 14.8. The number of aromatic nitrogens is 3. The molecule has 7 rings (SSSR count). The molecule has 3 saturated carbocycles. The summed E-state index contributed by atoms with van der Waals surface area (Å²) in [6, 6.07) is 3.59. The van der Waals surface area contributed by atoms with Gasteiger partial charge < -0.3 is 16.0 Å². The number of alkyl halides is 1. The molecule has 10 heteroatoms. The van der Waals surface area contributed by atoms with Crippen LogP contribution in [0.1, 0.15) is 42.5 Å². The van der Waals surface area contributed by atoms with Crippen LogP contribution in [0.5, 0.6) is 0 Å². The predicted molar refractivity (Wildman–Crippen MR) is 125 cm³/mol. The van der Waals surface area contributed by atoms with Gasteiger partial charge in [0.15, 0.2) is 17.5 Å². The molecule has 0 aromatic carbocycles. The molecule has 3 N–H and O–H groups in total. The molecule has 0 spiro atoms. The van der Waals surface area contributed by atoms with E-state index in [0.717, 1.165) is 18.4 Å². The fourth-order valence-corrected chi connectivity index (χ4v) is 5.63. The van der Waals surface area contributed by atoms with Crippen LogP contribution in [-0.2, 0) is 0 Å². The Kier molecular flexibility index (Phi) is 5.63. The van der Waals surface area contributed by atoms with E-state index < -0.39 is 23.8 Å². The quantitative estimate of drug-likeness (QED) is 0.515. The minimum absolute atomic E-state index is 0.112. The number of hydrogen-bond donors (Lipinski definition) is 3. The van der Waals surface area contributed by atoms with Gasteiger partial charge in [-0.05, 0) is 62.6 Å². The van der Waals surface area contributed by atoms with Crippen molar-refractivity contribution in [1.29, 1.82) is 0 Å². The molecule has 2 bridgehead atoms. The van der Waals surface area contributed by atoms with Crippen LogP contribution in [0.4, 0.5) is 19.0 Å². The molecule has 3 atom stereocenters. The third-order valence-electron chi connectivity index (χ3n) is 7.71. The Morgan fingerprint density at radius 2 is 1.97 bits per heavy atom. The standard InChI is InChI=1S/C25H27F3N6O/c26-16-3-5-29-11-20(16)31-24-18(28)10-17(27)23(33-24)21-12-30-22-9-14(4-6-34(21)22)25(35)32-19-2-1-13-7-15(19)8-13/h4,6,9-10,12-13,15-16,19-20,29H,1-3,5,7-8,11H2,(H,31,33)(H,32,35)/t13?,15?,16-,19?,20-/m0/s1. The van der Waals surface area contributed by atoms with Gasteiger partial charge in [-0.2, -0.15) is 0 Å². The number of carbonyl (C=O) groups is 1. The second-order valence-electron chi connectivity index (χ2n) is 9.95. The van der Waals surface area contributed by atoms with Crippen molar-refractivity contribution in [3.05, 3.63) is 47.8 Å². The van der Waals surface area contributed by atoms with Crippen LogP contribution in [0.15, 0.2) is 30.6 Å². The molecule has 4 fully saturated rings. The summed E-state index contributed by atoms with van der Waals surface area (Å²) < 4.78 is 45.0. The fourth-order valence-electron chi connectivity index (χ4n) is 5.63. The van der Waals surface area contributed by atoms with Crippen LogP contribution in [0.2, 0.25) is 0 Å².